The number of nitrogens with zero attached hydrogens (tertiary/aromatic N) is 5. The van der Waals surface area contributed by atoms with E-state index in [1.165, 1.54) is 4.90 Å². The first-order chi connectivity index (χ1) is 14.4. The summed E-state index contributed by atoms with van der Waals surface area (Å²) in [5.74, 6) is 0.447. The van der Waals surface area contributed by atoms with Crippen LogP contribution in [0.3, 0.4) is 0 Å². The fourth-order valence-corrected chi connectivity index (χ4v) is 4.09. The molecule has 2 heterocycles. The maximum atomic E-state index is 13.3. The van der Waals surface area contributed by atoms with Crippen molar-refractivity contribution in [1.29, 1.82) is 0 Å². The Kier molecular flexibility index (Phi) is 5.39. The predicted molar refractivity (Wildman–Crippen MR) is 116 cm³/mol. The van der Waals surface area contributed by atoms with Crippen molar-refractivity contribution in [3.05, 3.63) is 70.7 Å². The Hall–Kier alpha value is -3.06. The summed E-state index contributed by atoms with van der Waals surface area (Å²) >= 11 is 5.95. The van der Waals surface area contributed by atoms with Crippen LogP contribution in [0.5, 0.6) is 0 Å². The van der Waals surface area contributed by atoms with Gasteiger partial charge in [-0.2, -0.15) is 0 Å². The third kappa shape index (κ3) is 3.61. The standard InChI is InChI=1S/C22H24ClN5O2/c1-25(13-15-7-5-4-6-8-15)21-24-19-18(26(21)2)20(29)28(22(30)27(19)3)14-16-9-11-17(23)12-10-16/h4-12,18-19H,13-14H2,1-3H3. The molecule has 1 saturated heterocycles. The molecule has 2 unspecified atom stereocenters. The van der Waals surface area contributed by atoms with Gasteiger partial charge in [0.1, 0.15) is 0 Å². The fourth-order valence-electron chi connectivity index (χ4n) is 3.97. The van der Waals surface area contributed by atoms with Crippen LogP contribution in [0.25, 0.3) is 0 Å². The molecule has 7 nitrogen and oxygen atoms in total. The molecule has 156 valence electrons. The van der Waals surface area contributed by atoms with Gasteiger partial charge in [-0.1, -0.05) is 54.1 Å². The number of carbonyl (C=O) groups is 2. The van der Waals surface area contributed by atoms with E-state index in [-0.39, 0.29) is 18.5 Å². The molecule has 0 radical (unpaired) electrons. The number of likely N-dealkylation sites (N-methyl/N-ethyl adjacent to an activating group) is 2. The van der Waals surface area contributed by atoms with E-state index in [2.05, 4.69) is 0 Å². The number of amides is 3. The van der Waals surface area contributed by atoms with E-state index in [1.807, 2.05) is 66.4 Å². The molecule has 30 heavy (non-hydrogen) atoms. The molecule has 0 bridgehead atoms. The van der Waals surface area contributed by atoms with Gasteiger partial charge in [0.2, 0.25) is 0 Å². The molecule has 8 heteroatoms. The lowest BCUT2D eigenvalue weighted by Crippen LogP contribution is -2.64. The number of fused-ring (bicyclic) bond motifs is 1. The molecule has 0 N–H and O–H groups in total. The molecule has 4 rings (SSSR count). The summed E-state index contributed by atoms with van der Waals surface area (Å²) in [5.41, 5.74) is 1.99. The maximum absolute atomic E-state index is 13.3. The predicted octanol–water partition coefficient (Wildman–Crippen LogP) is 2.86. The summed E-state index contributed by atoms with van der Waals surface area (Å²) < 4.78 is 0. The number of benzene rings is 2. The SMILES string of the molecule is CN(Cc1ccccc1)C1=NC2C(C(=O)N(Cc3ccc(Cl)cc3)C(=O)N2C)N1C. The summed E-state index contributed by atoms with van der Waals surface area (Å²) in [6.07, 6.45) is -0.537. The second-order valence-electron chi connectivity index (χ2n) is 7.68. The van der Waals surface area contributed by atoms with Gasteiger partial charge in [0, 0.05) is 32.7 Å². The normalized spacial score (nSPS) is 21.1. The van der Waals surface area contributed by atoms with Crippen LogP contribution < -0.4 is 0 Å². The Morgan fingerprint density at radius 3 is 2.30 bits per heavy atom. The molecule has 1 fully saturated rings. The largest absolute Gasteiger partial charge is 0.341 e. The van der Waals surface area contributed by atoms with Crippen molar-refractivity contribution in [2.45, 2.75) is 25.3 Å². The minimum absolute atomic E-state index is 0.200. The van der Waals surface area contributed by atoms with Gasteiger partial charge >= 0.3 is 6.03 Å². The number of aliphatic imine (C=N–C) groups is 1. The van der Waals surface area contributed by atoms with Crippen molar-refractivity contribution < 1.29 is 9.59 Å². The van der Waals surface area contributed by atoms with E-state index < -0.39 is 12.2 Å². The topological polar surface area (TPSA) is 59.5 Å². The van der Waals surface area contributed by atoms with Crippen LogP contribution in [-0.4, -0.2) is 70.8 Å². The van der Waals surface area contributed by atoms with E-state index >= 15 is 0 Å². The first-order valence-corrected chi connectivity index (χ1v) is 10.1. The summed E-state index contributed by atoms with van der Waals surface area (Å²) in [7, 11) is 5.49. The second-order valence-corrected chi connectivity index (χ2v) is 8.12. The zero-order chi connectivity index (χ0) is 21.4. The number of imide groups is 1. The Labute approximate surface area is 181 Å². The van der Waals surface area contributed by atoms with Crippen molar-refractivity contribution >= 4 is 29.5 Å². The number of halogens is 1. The summed E-state index contributed by atoms with van der Waals surface area (Å²) in [4.78, 5) is 37.7. The molecule has 0 spiro atoms. The number of guanidine groups is 1. The maximum Gasteiger partial charge on any atom is 0.328 e. The average molecular weight is 426 g/mol. The van der Waals surface area contributed by atoms with Gasteiger partial charge in [-0.05, 0) is 23.3 Å². The lowest BCUT2D eigenvalue weighted by Gasteiger charge is -2.40. The minimum atomic E-state index is -0.548. The van der Waals surface area contributed by atoms with Crippen LogP contribution >= 0.6 is 11.6 Å². The molecule has 0 saturated carbocycles. The van der Waals surface area contributed by atoms with E-state index in [1.54, 1.807) is 24.1 Å². The summed E-state index contributed by atoms with van der Waals surface area (Å²) in [6, 6.07) is 16.3. The molecular weight excluding hydrogens is 402 g/mol. The molecule has 3 amide bonds. The van der Waals surface area contributed by atoms with Crippen LogP contribution in [0.4, 0.5) is 4.79 Å². The molecule has 2 atom stereocenters. The number of hydrogen-bond acceptors (Lipinski definition) is 5. The molecule has 2 aliphatic rings. The summed E-state index contributed by atoms with van der Waals surface area (Å²) in [5, 5.41) is 0.613. The monoisotopic (exact) mass is 425 g/mol. The highest BCUT2D eigenvalue weighted by molar-refractivity contribution is 6.30. The third-order valence-electron chi connectivity index (χ3n) is 5.57. The number of urea groups is 1. The Morgan fingerprint density at radius 1 is 0.967 bits per heavy atom. The minimum Gasteiger partial charge on any atom is -0.341 e. The highest BCUT2D eigenvalue weighted by Crippen LogP contribution is 2.29. The van der Waals surface area contributed by atoms with Crippen molar-refractivity contribution in [2.24, 2.45) is 4.99 Å². The zero-order valence-corrected chi connectivity index (χ0v) is 18.0. The molecule has 0 aromatic heterocycles. The Balaban J connectivity index is 1.55. The van der Waals surface area contributed by atoms with E-state index in [0.717, 1.165) is 11.1 Å². The van der Waals surface area contributed by atoms with Crippen molar-refractivity contribution in [2.75, 3.05) is 21.1 Å². The Bertz CT molecular complexity index is 979. The first kappa shape index (κ1) is 20.2. The smallest absolute Gasteiger partial charge is 0.328 e. The second kappa shape index (κ2) is 7.99. The fraction of sp³-hybridized carbons (Fsp3) is 0.318. The van der Waals surface area contributed by atoms with Crippen LogP contribution in [-0.2, 0) is 17.9 Å². The van der Waals surface area contributed by atoms with Gasteiger partial charge in [0.25, 0.3) is 5.91 Å². The molecule has 2 aromatic carbocycles. The van der Waals surface area contributed by atoms with Crippen LogP contribution in [0, 0.1) is 0 Å². The average Bonchev–Trinajstić information content (AvgIpc) is 3.09. The van der Waals surface area contributed by atoms with Gasteiger partial charge in [-0.15, -0.1) is 0 Å². The van der Waals surface area contributed by atoms with E-state index in [9.17, 15) is 9.59 Å². The number of carbonyl (C=O) groups excluding carboxylic acids is 2. The van der Waals surface area contributed by atoms with Crippen LogP contribution in [0.2, 0.25) is 5.02 Å². The molecule has 2 aromatic rings. The molecule has 2 aliphatic heterocycles. The van der Waals surface area contributed by atoms with Gasteiger partial charge in [-0.25, -0.2) is 9.79 Å². The van der Waals surface area contributed by atoms with Gasteiger partial charge in [0.15, 0.2) is 18.2 Å². The third-order valence-corrected chi connectivity index (χ3v) is 5.82. The number of rotatable bonds is 4. The van der Waals surface area contributed by atoms with Gasteiger partial charge in [-0.3, -0.25) is 9.69 Å². The Morgan fingerprint density at radius 2 is 1.63 bits per heavy atom. The molecule has 0 aliphatic carbocycles. The zero-order valence-electron chi connectivity index (χ0n) is 17.2. The van der Waals surface area contributed by atoms with Crippen molar-refractivity contribution in [3.63, 3.8) is 0 Å². The highest BCUT2D eigenvalue weighted by Gasteiger charge is 2.51. The number of hydrogen-bond donors (Lipinski definition) is 0. The van der Waals surface area contributed by atoms with Gasteiger partial charge in [0.05, 0.1) is 6.54 Å². The lowest BCUT2D eigenvalue weighted by molar-refractivity contribution is -0.137. The first-order valence-electron chi connectivity index (χ1n) is 9.75. The van der Waals surface area contributed by atoms with E-state index in [0.29, 0.717) is 17.5 Å². The van der Waals surface area contributed by atoms with Crippen LogP contribution in [0.15, 0.2) is 59.6 Å². The van der Waals surface area contributed by atoms with Crippen LogP contribution in [0.1, 0.15) is 11.1 Å². The van der Waals surface area contributed by atoms with Crippen molar-refractivity contribution in [1.82, 2.24) is 19.6 Å². The highest BCUT2D eigenvalue weighted by atomic mass is 35.5. The summed E-state index contributed by atoms with van der Waals surface area (Å²) in [6.45, 7) is 0.856. The lowest BCUT2D eigenvalue weighted by atomic mass is 10.1. The molecular formula is C22H24ClN5O2. The van der Waals surface area contributed by atoms with Gasteiger partial charge < -0.3 is 14.7 Å². The van der Waals surface area contributed by atoms with E-state index in [4.69, 9.17) is 16.6 Å². The quantitative estimate of drug-likeness (QED) is 0.755. The van der Waals surface area contributed by atoms with Crippen molar-refractivity contribution in [3.8, 4) is 0 Å².